The van der Waals surface area contributed by atoms with Crippen LogP contribution in [0.1, 0.15) is 63.3 Å². The summed E-state index contributed by atoms with van der Waals surface area (Å²) in [7, 11) is 0. The van der Waals surface area contributed by atoms with E-state index in [4.69, 9.17) is 21.3 Å². The van der Waals surface area contributed by atoms with Crippen LogP contribution in [0.2, 0.25) is 0 Å². The first-order chi connectivity index (χ1) is 16.5. The molecule has 2 atom stereocenters. The van der Waals surface area contributed by atoms with Gasteiger partial charge in [-0.25, -0.2) is 10.1 Å². The molecule has 2 amide bonds. The molecule has 0 radical (unpaired) electrons. The van der Waals surface area contributed by atoms with Crippen LogP contribution in [0, 0.1) is 11.8 Å². The summed E-state index contributed by atoms with van der Waals surface area (Å²) in [6.45, 7) is -9.27. The van der Waals surface area contributed by atoms with Crippen molar-refractivity contribution in [3.05, 3.63) is 35.9 Å². The number of benzene rings is 1. The van der Waals surface area contributed by atoms with E-state index < -0.39 is 62.1 Å². The van der Waals surface area contributed by atoms with Gasteiger partial charge in [-0.15, -0.1) is 0 Å². The minimum Gasteiger partial charge on any atom is -0.285 e. The number of carbonyl (C=O) groups is 2. The van der Waals surface area contributed by atoms with Gasteiger partial charge in [-0.3, -0.25) is 19.6 Å². The lowest BCUT2D eigenvalue weighted by atomic mass is 9.80. The van der Waals surface area contributed by atoms with Crippen molar-refractivity contribution >= 4 is 11.8 Å². The maximum absolute atomic E-state index is 12.0. The fourth-order valence-electron chi connectivity index (χ4n) is 2.17. The third kappa shape index (κ3) is 3.41. The second-order valence-electron chi connectivity index (χ2n) is 6.02. The summed E-state index contributed by atoms with van der Waals surface area (Å²) in [6.07, 6.45) is 0. The topological polar surface area (TPSA) is 70.1 Å². The van der Waals surface area contributed by atoms with Crippen LogP contribution in [-0.2, 0) is 21.0 Å². The number of rotatable bonds is 3. The summed E-state index contributed by atoms with van der Waals surface area (Å²) in [5.74, 6) is -3.93. The minimum atomic E-state index is -2.96. The molecule has 6 nitrogen and oxygen atoms in total. The molecule has 0 aliphatic carbocycles. The predicted molar refractivity (Wildman–Crippen MR) is 93.2 cm³/mol. The molecule has 25 heavy (non-hydrogen) atoms. The fraction of sp³-hybridized carbons (Fsp3) is 0.579. The van der Waals surface area contributed by atoms with Crippen molar-refractivity contribution in [1.82, 2.24) is 10.1 Å². The van der Waals surface area contributed by atoms with E-state index in [1.54, 1.807) is 30.3 Å². The van der Waals surface area contributed by atoms with Crippen LogP contribution in [0.15, 0.2) is 30.3 Å². The fourth-order valence-corrected chi connectivity index (χ4v) is 2.17. The van der Waals surface area contributed by atoms with Gasteiger partial charge in [0.15, 0.2) is 0 Å². The Hall–Kier alpha value is -1.92. The van der Waals surface area contributed by atoms with Crippen molar-refractivity contribution in [1.29, 1.82) is 0 Å². The number of β-lactam (4-membered cyclic amide) rings is 2. The zero-order valence-corrected chi connectivity index (χ0v) is 13.8. The molecule has 2 aliphatic rings. The first kappa shape index (κ1) is 8.64. The second kappa shape index (κ2) is 6.77. The Morgan fingerprint density at radius 2 is 1.60 bits per heavy atom. The second-order valence-corrected chi connectivity index (χ2v) is 6.02. The summed E-state index contributed by atoms with van der Waals surface area (Å²) in [5.41, 5.74) is -4.08. The van der Waals surface area contributed by atoms with Gasteiger partial charge in [0.1, 0.15) is 6.61 Å². The predicted octanol–water partition coefficient (Wildman–Crippen LogP) is 3.01. The average Bonchev–Trinajstić information content (AvgIpc) is 2.73. The zero-order valence-electron chi connectivity index (χ0n) is 25.8. The Balaban J connectivity index is 0.000000281. The molecule has 138 valence electrons. The average molecular weight is 361 g/mol. The molecule has 0 bridgehead atoms. The van der Waals surface area contributed by atoms with Gasteiger partial charge in [-0.2, -0.15) is 0 Å². The first-order valence-corrected chi connectivity index (χ1v) is 7.55. The van der Waals surface area contributed by atoms with E-state index >= 15 is 0 Å². The smallest absolute Gasteiger partial charge is 0.251 e. The normalized spacial score (nSPS) is 35.5. The summed E-state index contributed by atoms with van der Waals surface area (Å²) in [6, 6.07) is 8.80. The summed E-state index contributed by atoms with van der Waals surface area (Å²) in [4.78, 5) is 28.3. The molecule has 0 saturated carbocycles. The van der Waals surface area contributed by atoms with E-state index in [0.29, 0.717) is 10.6 Å². The zero-order chi connectivity index (χ0) is 29.0. The molecule has 2 fully saturated rings. The summed E-state index contributed by atoms with van der Waals surface area (Å²) >= 11 is 0. The van der Waals surface area contributed by atoms with Gasteiger partial charge < -0.3 is 0 Å². The molecular weight excluding hydrogens is 320 g/mol. The van der Waals surface area contributed by atoms with Crippen LogP contribution in [-0.4, -0.2) is 38.2 Å². The van der Waals surface area contributed by atoms with Crippen LogP contribution in [0.25, 0.3) is 0 Å². The van der Waals surface area contributed by atoms with Crippen molar-refractivity contribution in [2.45, 2.75) is 58.9 Å². The lowest BCUT2D eigenvalue weighted by molar-refractivity contribution is -0.270. The van der Waals surface area contributed by atoms with Crippen LogP contribution < -0.4 is 0 Å². The third-order valence-electron chi connectivity index (χ3n) is 4.26. The maximum atomic E-state index is 12.0. The van der Waals surface area contributed by atoms with Crippen LogP contribution in [0.4, 0.5) is 0 Å². The summed E-state index contributed by atoms with van der Waals surface area (Å²) < 4.78 is 88.7. The molecule has 3 rings (SSSR count). The Kier molecular flexibility index (Phi) is 2.34. The molecule has 2 aliphatic heterocycles. The highest BCUT2D eigenvalue weighted by Crippen LogP contribution is 2.37. The van der Waals surface area contributed by atoms with E-state index in [9.17, 15) is 14.8 Å². The van der Waals surface area contributed by atoms with Gasteiger partial charge in [0.05, 0.1) is 22.9 Å². The number of nitrogens with zero attached hydrogens (tertiary/aromatic N) is 2. The molecule has 1 N–H and O–H groups in total. The van der Waals surface area contributed by atoms with Gasteiger partial charge in [0.25, 0.3) is 11.8 Å². The molecule has 1 aromatic carbocycles. The van der Waals surface area contributed by atoms with Gasteiger partial charge in [-0.1, -0.05) is 44.2 Å². The minimum absolute atomic E-state index is 0.0762. The van der Waals surface area contributed by atoms with E-state index in [1.165, 1.54) is 13.8 Å². The Labute approximate surface area is 166 Å². The molecule has 2 saturated heterocycles. The molecule has 0 spiro atoms. The molecule has 6 heteroatoms. The highest BCUT2D eigenvalue weighted by Gasteiger charge is 2.52. The van der Waals surface area contributed by atoms with Gasteiger partial charge in [-0.05, 0) is 33.0 Å². The molecule has 0 unspecified atom stereocenters. The van der Waals surface area contributed by atoms with Gasteiger partial charge in [0, 0.05) is 16.4 Å². The van der Waals surface area contributed by atoms with Gasteiger partial charge >= 0.3 is 0 Å². The Bertz CT molecular complexity index is 962. The number of hydrogen-bond donors (Lipinski definition) is 1. The van der Waals surface area contributed by atoms with Crippen molar-refractivity contribution in [2.24, 2.45) is 11.8 Å². The van der Waals surface area contributed by atoms with E-state index in [2.05, 4.69) is 0 Å². The largest absolute Gasteiger partial charge is 0.285 e. The lowest BCUT2D eigenvalue weighted by Gasteiger charge is -2.50. The van der Waals surface area contributed by atoms with E-state index in [-0.39, 0.29) is 11.7 Å². The SMILES string of the molecule is [2H]C([2H])([2H])C1(C([2H])([2H])[2H])[C@H](C)C(=O)N1O.[2H]C([2H])([2H])C1(C([2H])([2H])[2H])[C@H](C)C(=O)N1OCc1ccccc1. The standard InChI is InChI=1S/C13H17NO2.C6H11NO2/c1-10-12(15)14(13(10,2)3)16-9-11-7-5-4-6-8-11;1-4-5(8)7(9)6(4,2)3/h4-8,10H,9H2,1-3H3;4,9H,1-3H3/t10-;4-/m11/s1/i2*2D3,3D3. The first-order valence-electron chi connectivity index (χ1n) is 13.5. The molecular formula is C19H28N2O4. The molecule has 0 aromatic heterocycles. The Morgan fingerprint density at radius 1 is 1.04 bits per heavy atom. The van der Waals surface area contributed by atoms with Crippen molar-refractivity contribution in [3.8, 4) is 0 Å². The quantitative estimate of drug-likeness (QED) is 0.664. The third-order valence-corrected chi connectivity index (χ3v) is 4.26. The summed E-state index contributed by atoms with van der Waals surface area (Å²) in [5, 5.41) is 9.60. The van der Waals surface area contributed by atoms with Crippen molar-refractivity contribution in [3.63, 3.8) is 0 Å². The highest BCUT2D eigenvalue weighted by atomic mass is 16.7. The van der Waals surface area contributed by atoms with Crippen LogP contribution >= 0.6 is 0 Å². The lowest BCUT2D eigenvalue weighted by Crippen LogP contribution is -2.66. The van der Waals surface area contributed by atoms with Gasteiger partial charge in [0.2, 0.25) is 0 Å². The number of hydrogen-bond acceptors (Lipinski definition) is 4. The van der Waals surface area contributed by atoms with E-state index in [0.717, 1.165) is 0 Å². The van der Waals surface area contributed by atoms with Crippen molar-refractivity contribution in [2.75, 3.05) is 0 Å². The number of hydroxylamine groups is 4. The maximum Gasteiger partial charge on any atom is 0.251 e. The van der Waals surface area contributed by atoms with Crippen LogP contribution in [0.5, 0.6) is 0 Å². The number of carbonyl (C=O) groups excluding carboxylic acids is 2. The Morgan fingerprint density at radius 3 is 2.08 bits per heavy atom. The molecule has 1 aromatic rings. The molecule has 2 heterocycles. The highest BCUT2D eigenvalue weighted by molar-refractivity contribution is 5.86. The van der Waals surface area contributed by atoms with E-state index in [1.807, 2.05) is 0 Å². The monoisotopic (exact) mass is 360 g/mol. The number of amides is 2. The van der Waals surface area contributed by atoms with Crippen LogP contribution in [0.3, 0.4) is 0 Å². The van der Waals surface area contributed by atoms with Crippen molar-refractivity contribution < 1.29 is 36.1 Å².